The Kier molecular flexibility index (Phi) is 8.90. The van der Waals surface area contributed by atoms with Gasteiger partial charge in [-0.25, -0.2) is 4.98 Å². The number of nitrogens with one attached hydrogen (secondary N) is 1. The summed E-state index contributed by atoms with van der Waals surface area (Å²) >= 11 is 0. The summed E-state index contributed by atoms with van der Waals surface area (Å²) in [6.07, 6.45) is 3.63. The summed E-state index contributed by atoms with van der Waals surface area (Å²) in [7, 11) is 0. The molecule has 0 bridgehead atoms. The highest BCUT2D eigenvalue weighted by Crippen LogP contribution is 2.25. The number of nitrogens with zero attached hydrogens (tertiary/aromatic N) is 1. The number of anilines is 1. The normalized spacial score (nSPS) is 13.6. The van der Waals surface area contributed by atoms with Crippen LogP contribution in [0.1, 0.15) is 66.0 Å². The van der Waals surface area contributed by atoms with Gasteiger partial charge < -0.3 is 14.8 Å². The minimum absolute atomic E-state index is 0.126. The summed E-state index contributed by atoms with van der Waals surface area (Å²) in [5.41, 5.74) is 0.597. The van der Waals surface area contributed by atoms with E-state index in [1.807, 2.05) is 26.8 Å². The zero-order chi connectivity index (χ0) is 18.9. The van der Waals surface area contributed by atoms with Crippen molar-refractivity contribution in [3.63, 3.8) is 0 Å². The standard InChI is InChI=1S/C20H34N2O3/c1-7-9-13-24-18-11-10-17(16(5)21-18)22-19(23)20(6,14-15(3)4)25-12-8-2/h10-11,15H,7-9,12-14H2,1-6H3,(H,22,23). The lowest BCUT2D eigenvalue weighted by Gasteiger charge is -2.30. The number of hydrogen-bond acceptors (Lipinski definition) is 4. The number of aromatic nitrogens is 1. The molecule has 0 radical (unpaired) electrons. The number of carbonyl (C=O) groups is 1. The fraction of sp³-hybridized carbons (Fsp3) is 0.700. The van der Waals surface area contributed by atoms with E-state index in [-0.39, 0.29) is 5.91 Å². The lowest BCUT2D eigenvalue weighted by atomic mass is 9.93. The van der Waals surface area contributed by atoms with Crippen LogP contribution < -0.4 is 10.1 Å². The maximum Gasteiger partial charge on any atom is 0.256 e. The average molecular weight is 351 g/mol. The molecule has 1 N–H and O–H groups in total. The molecule has 1 heterocycles. The third kappa shape index (κ3) is 7.02. The fourth-order valence-corrected chi connectivity index (χ4v) is 2.65. The predicted molar refractivity (Wildman–Crippen MR) is 102 cm³/mol. The van der Waals surface area contributed by atoms with E-state index in [2.05, 4.69) is 31.1 Å². The Bertz CT molecular complexity index is 546. The molecule has 0 fully saturated rings. The van der Waals surface area contributed by atoms with Gasteiger partial charge in [-0.3, -0.25) is 4.79 Å². The van der Waals surface area contributed by atoms with Gasteiger partial charge in [-0.05, 0) is 45.1 Å². The Labute approximate surface area is 152 Å². The molecule has 0 aliphatic rings. The molecule has 1 unspecified atom stereocenters. The van der Waals surface area contributed by atoms with Gasteiger partial charge in [-0.15, -0.1) is 0 Å². The number of unbranched alkanes of at least 4 members (excludes halogenated alkanes) is 1. The smallest absolute Gasteiger partial charge is 0.256 e. The van der Waals surface area contributed by atoms with Crippen molar-refractivity contribution in [2.75, 3.05) is 18.5 Å². The minimum atomic E-state index is -0.840. The van der Waals surface area contributed by atoms with Crippen molar-refractivity contribution in [3.05, 3.63) is 17.8 Å². The van der Waals surface area contributed by atoms with Crippen molar-refractivity contribution in [1.82, 2.24) is 4.98 Å². The first-order valence-electron chi connectivity index (χ1n) is 9.38. The molecule has 5 nitrogen and oxygen atoms in total. The number of ether oxygens (including phenoxy) is 2. The number of amides is 1. The van der Waals surface area contributed by atoms with Crippen molar-refractivity contribution < 1.29 is 14.3 Å². The quantitative estimate of drug-likeness (QED) is 0.586. The third-order valence-corrected chi connectivity index (χ3v) is 3.96. The molecule has 1 aromatic rings. The van der Waals surface area contributed by atoms with Gasteiger partial charge in [-0.2, -0.15) is 0 Å². The SMILES string of the molecule is CCCCOc1ccc(NC(=O)C(C)(CC(C)C)OCCC)c(C)n1. The first kappa shape index (κ1) is 21.4. The van der Waals surface area contributed by atoms with Crippen LogP contribution in [0.25, 0.3) is 0 Å². The first-order chi connectivity index (χ1) is 11.8. The second-order valence-corrected chi connectivity index (χ2v) is 7.12. The lowest BCUT2D eigenvalue weighted by Crippen LogP contribution is -2.44. The molecule has 0 saturated heterocycles. The Morgan fingerprint density at radius 3 is 2.52 bits per heavy atom. The van der Waals surface area contributed by atoms with E-state index in [1.165, 1.54) is 0 Å². The summed E-state index contributed by atoms with van der Waals surface area (Å²) < 4.78 is 11.5. The Morgan fingerprint density at radius 1 is 1.24 bits per heavy atom. The summed E-state index contributed by atoms with van der Waals surface area (Å²) in [5.74, 6) is 0.830. The molecule has 1 amide bonds. The summed E-state index contributed by atoms with van der Waals surface area (Å²) in [4.78, 5) is 17.3. The number of aryl methyl sites for hydroxylation is 1. The average Bonchev–Trinajstić information content (AvgIpc) is 2.55. The van der Waals surface area contributed by atoms with Crippen LogP contribution in [0, 0.1) is 12.8 Å². The molecule has 0 saturated carbocycles. The maximum atomic E-state index is 12.8. The van der Waals surface area contributed by atoms with Gasteiger partial charge in [0.15, 0.2) is 0 Å². The summed E-state index contributed by atoms with van der Waals surface area (Å²) in [6, 6.07) is 3.64. The molecule has 25 heavy (non-hydrogen) atoms. The van der Waals surface area contributed by atoms with Crippen LogP contribution >= 0.6 is 0 Å². The lowest BCUT2D eigenvalue weighted by molar-refractivity contribution is -0.141. The molecule has 5 heteroatoms. The fourth-order valence-electron chi connectivity index (χ4n) is 2.65. The monoisotopic (exact) mass is 350 g/mol. The second-order valence-electron chi connectivity index (χ2n) is 7.12. The van der Waals surface area contributed by atoms with Crippen molar-refractivity contribution in [2.45, 2.75) is 72.8 Å². The highest BCUT2D eigenvalue weighted by molar-refractivity contribution is 5.97. The molecule has 142 valence electrons. The van der Waals surface area contributed by atoms with Crippen molar-refractivity contribution in [3.8, 4) is 5.88 Å². The van der Waals surface area contributed by atoms with E-state index in [4.69, 9.17) is 9.47 Å². The molecule has 1 aromatic heterocycles. The van der Waals surface area contributed by atoms with Gasteiger partial charge in [0, 0.05) is 12.7 Å². The Morgan fingerprint density at radius 2 is 1.96 bits per heavy atom. The van der Waals surface area contributed by atoms with Gasteiger partial charge in [0.05, 0.1) is 18.0 Å². The van der Waals surface area contributed by atoms with Crippen LogP contribution in [0.2, 0.25) is 0 Å². The maximum absolute atomic E-state index is 12.8. The number of rotatable bonds is 11. The van der Waals surface area contributed by atoms with E-state index in [9.17, 15) is 4.79 Å². The van der Waals surface area contributed by atoms with E-state index in [1.54, 1.807) is 6.07 Å². The molecular formula is C20H34N2O3. The van der Waals surface area contributed by atoms with Crippen LogP contribution in [0.4, 0.5) is 5.69 Å². The van der Waals surface area contributed by atoms with Crippen molar-refractivity contribution in [1.29, 1.82) is 0 Å². The molecule has 0 spiro atoms. The van der Waals surface area contributed by atoms with Gasteiger partial charge >= 0.3 is 0 Å². The third-order valence-electron chi connectivity index (χ3n) is 3.96. The van der Waals surface area contributed by atoms with Gasteiger partial charge in [0.2, 0.25) is 5.88 Å². The molecular weight excluding hydrogens is 316 g/mol. The molecule has 0 aliphatic carbocycles. The number of hydrogen-bond donors (Lipinski definition) is 1. The van der Waals surface area contributed by atoms with Gasteiger partial charge in [-0.1, -0.05) is 34.1 Å². The molecule has 0 aromatic carbocycles. The van der Waals surface area contributed by atoms with E-state index in [0.717, 1.165) is 25.0 Å². The van der Waals surface area contributed by atoms with Crippen LogP contribution in [0.5, 0.6) is 5.88 Å². The van der Waals surface area contributed by atoms with Crippen molar-refractivity contribution >= 4 is 11.6 Å². The zero-order valence-corrected chi connectivity index (χ0v) is 16.6. The Balaban J connectivity index is 2.81. The van der Waals surface area contributed by atoms with Crippen LogP contribution in [0.3, 0.4) is 0 Å². The summed E-state index contributed by atoms with van der Waals surface area (Å²) in [6.45, 7) is 13.3. The van der Waals surface area contributed by atoms with Gasteiger partial charge in [0.25, 0.3) is 5.91 Å². The molecule has 0 aliphatic heterocycles. The van der Waals surface area contributed by atoms with Gasteiger partial charge in [0.1, 0.15) is 5.60 Å². The predicted octanol–water partition coefficient (Wildman–Crippen LogP) is 4.74. The molecule has 1 rings (SSSR count). The second kappa shape index (κ2) is 10.4. The largest absolute Gasteiger partial charge is 0.478 e. The van der Waals surface area contributed by atoms with E-state index < -0.39 is 5.60 Å². The van der Waals surface area contributed by atoms with E-state index in [0.29, 0.717) is 37.1 Å². The Hall–Kier alpha value is -1.62. The van der Waals surface area contributed by atoms with E-state index >= 15 is 0 Å². The summed E-state index contributed by atoms with van der Waals surface area (Å²) in [5, 5.41) is 2.98. The highest BCUT2D eigenvalue weighted by atomic mass is 16.5. The van der Waals surface area contributed by atoms with Crippen LogP contribution in [-0.4, -0.2) is 29.7 Å². The minimum Gasteiger partial charge on any atom is -0.478 e. The number of carbonyl (C=O) groups excluding carboxylic acids is 1. The number of pyridine rings is 1. The van der Waals surface area contributed by atoms with Crippen LogP contribution in [-0.2, 0) is 9.53 Å². The first-order valence-corrected chi connectivity index (χ1v) is 9.38. The molecule has 1 atom stereocenters. The van der Waals surface area contributed by atoms with Crippen LogP contribution in [0.15, 0.2) is 12.1 Å². The highest BCUT2D eigenvalue weighted by Gasteiger charge is 2.35. The zero-order valence-electron chi connectivity index (χ0n) is 16.6. The topological polar surface area (TPSA) is 60.5 Å². The van der Waals surface area contributed by atoms with Crippen molar-refractivity contribution in [2.24, 2.45) is 5.92 Å².